The molecule has 2 unspecified atom stereocenters. The van der Waals surface area contributed by atoms with Crippen LogP contribution in [0.15, 0.2) is 24.3 Å². The molecule has 1 aromatic carbocycles. The van der Waals surface area contributed by atoms with Crippen molar-refractivity contribution in [3.05, 3.63) is 29.8 Å². The van der Waals surface area contributed by atoms with Gasteiger partial charge in [0.15, 0.2) is 0 Å². The SMILES string of the molecule is CC(C)C1CNC(C(C)(C)C)CN1Cc1cccc(O)c1. The molecule has 2 atom stereocenters. The van der Waals surface area contributed by atoms with Crippen LogP contribution in [0.3, 0.4) is 0 Å². The highest BCUT2D eigenvalue weighted by atomic mass is 16.3. The fourth-order valence-corrected chi connectivity index (χ4v) is 3.14. The zero-order chi connectivity index (χ0) is 15.6. The Kier molecular flexibility index (Phi) is 4.95. The van der Waals surface area contributed by atoms with Crippen LogP contribution < -0.4 is 5.32 Å². The molecule has 0 aliphatic carbocycles. The van der Waals surface area contributed by atoms with E-state index in [1.165, 1.54) is 5.56 Å². The van der Waals surface area contributed by atoms with Crippen molar-refractivity contribution in [1.29, 1.82) is 0 Å². The monoisotopic (exact) mass is 290 g/mol. The van der Waals surface area contributed by atoms with E-state index in [-0.39, 0.29) is 5.41 Å². The zero-order valence-electron chi connectivity index (χ0n) is 14.1. The van der Waals surface area contributed by atoms with Gasteiger partial charge in [0, 0.05) is 31.7 Å². The molecule has 1 heterocycles. The number of piperazine rings is 1. The summed E-state index contributed by atoms with van der Waals surface area (Å²) in [5, 5.41) is 13.4. The second kappa shape index (κ2) is 6.37. The maximum Gasteiger partial charge on any atom is 0.115 e. The molecule has 1 aliphatic heterocycles. The van der Waals surface area contributed by atoms with Crippen LogP contribution in [0.1, 0.15) is 40.2 Å². The van der Waals surface area contributed by atoms with Gasteiger partial charge in [-0.25, -0.2) is 0 Å². The quantitative estimate of drug-likeness (QED) is 0.897. The lowest BCUT2D eigenvalue weighted by Gasteiger charge is -2.46. The molecule has 0 amide bonds. The molecule has 1 saturated heterocycles. The van der Waals surface area contributed by atoms with E-state index in [9.17, 15) is 5.11 Å². The Bertz CT molecular complexity index is 465. The average Bonchev–Trinajstić information content (AvgIpc) is 2.37. The smallest absolute Gasteiger partial charge is 0.115 e. The number of rotatable bonds is 3. The van der Waals surface area contributed by atoms with Gasteiger partial charge in [-0.2, -0.15) is 0 Å². The average molecular weight is 290 g/mol. The summed E-state index contributed by atoms with van der Waals surface area (Å²) < 4.78 is 0. The summed E-state index contributed by atoms with van der Waals surface area (Å²) >= 11 is 0. The number of phenols is 1. The second-order valence-corrected chi connectivity index (χ2v) is 7.74. The molecule has 2 rings (SSSR count). The first-order valence-corrected chi connectivity index (χ1v) is 8.02. The molecule has 0 spiro atoms. The van der Waals surface area contributed by atoms with Crippen molar-refractivity contribution in [2.75, 3.05) is 13.1 Å². The minimum Gasteiger partial charge on any atom is -0.508 e. The normalized spacial score (nSPS) is 24.5. The standard InChI is InChI=1S/C18H30N2O/c1-13(2)16-10-19-17(18(3,4)5)12-20(16)11-14-7-6-8-15(21)9-14/h6-9,13,16-17,19,21H,10-12H2,1-5H3. The first kappa shape index (κ1) is 16.3. The van der Waals surface area contributed by atoms with Gasteiger partial charge in [-0.05, 0) is 29.0 Å². The van der Waals surface area contributed by atoms with Gasteiger partial charge in [0.25, 0.3) is 0 Å². The van der Waals surface area contributed by atoms with Crippen LogP contribution in [0.4, 0.5) is 0 Å². The van der Waals surface area contributed by atoms with Crippen LogP contribution in [0, 0.1) is 11.3 Å². The highest BCUT2D eigenvalue weighted by Gasteiger charge is 2.35. The number of hydrogen-bond donors (Lipinski definition) is 2. The highest BCUT2D eigenvalue weighted by molar-refractivity contribution is 5.27. The maximum absolute atomic E-state index is 9.67. The summed E-state index contributed by atoms with van der Waals surface area (Å²) in [6, 6.07) is 8.70. The predicted molar refractivity (Wildman–Crippen MR) is 88.4 cm³/mol. The molecular formula is C18H30N2O. The molecule has 0 aromatic heterocycles. The van der Waals surface area contributed by atoms with Crippen molar-refractivity contribution < 1.29 is 5.11 Å². The summed E-state index contributed by atoms with van der Waals surface area (Å²) in [5.74, 6) is 0.979. The first-order chi connectivity index (χ1) is 9.77. The molecular weight excluding hydrogens is 260 g/mol. The van der Waals surface area contributed by atoms with Crippen molar-refractivity contribution in [3.8, 4) is 5.75 Å². The van der Waals surface area contributed by atoms with Crippen molar-refractivity contribution in [2.24, 2.45) is 11.3 Å². The van der Waals surface area contributed by atoms with Crippen LogP contribution in [0.2, 0.25) is 0 Å². The van der Waals surface area contributed by atoms with Gasteiger partial charge in [0.05, 0.1) is 0 Å². The summed E-state index contributed by atoms with van der Waals surface area (Å²) in [6.45, 7) is 14.5. The Morgan fingerprint density at radius 2 is 2.05 bits per heavy atom. The van der Waals surface area contributed by atoms with Crippen molar-refractivity contribution in [1.82, 2.24) is 10.2 Å². The summed E-state index contributed by atoms with van der Waals surface area (Å²) in [7, 11) is 0. The molecule has 3 heteroatoms. The predicted octanol–water partition coefficient (Wildman–Crippen LogP) is 3.24. The molecule has 2 N–H and O–H groups in total. The van der Waals surface area contributed by atoms with Gasteiger partial charge in [0.1, 0.15) is 5.75 Å². The Morgan fingerprint density at radius 3 is 2.62 bits per heavy atom. The van der Waals surface area contributed by atoms with Crippen LogP contribution in [-0.4, -0.2) is 35.2 Å². The minimum atomic E-state index is 0.263. The van der Waals surface area contributed by atoms with E-state index in [1.807, 2.05) is 12.1 Å². The first-order valence-electron chi connectivity index (χ1n) is 8.02. The number of hydrogen-bond acceptors (Lipinski definition) is 3. The number of nitrogens with one attached hydrogen (secondary N) is 1. The van der Waals surface area contributed by atoms with E-state index >= 15 is 0 Å². The molecule has 1 aromatic rings. The molecule has 118 valence electrons. The Morgan fingerprint density at radius 1 is 1.33 bits per heavy atom. The topological polar surface area (TPSA) is 35.5 Å². The summed E-state index contributed by atoms with van der Waals surface area (Å²) in [6.07, 6.45) is 0. The van der Waals surface area contributed by atoms with E-state index in [2.05, 4.69) is 50.9 Å². The zero-order valence-corrected chi connectivity index (χ0v) is 14.1. The largest absolute Gasteiger partial charge is 0.508 e. The van der Waals surface area contributed by atoms with Gasteiger partial charge in [-0.3, -0.25) is 4.90 Å². The molecule has 0 saturated carbocycles. The van der Waals surface area contributed by atoms with Gasteiger partial charge >= 0.3 is 0 Å². The van der Waals surface area contributed by atoms with Crippen LogP contribution in [0.5, 0.6) is 5.75 Å². The number of nitrogens with zero attached hydrogens (tertiary/aromatic N) is 1. The van der Waals surface area contributed by atoms with Gasteiger partial charge < -0.3 is 10.4 Å². The van der Waals surface area contributed by atoms with Crippen molar-refractivity contribution >= 4 is 0 Å². The maximum atomic E-state index is 9.67. The molecule has 0 bridgehead atoms. The van der Waals surface area contributed by atoms with Crippen LogP contribution >= 0.6 is 0 Å². The number of aromatic hydroxyl groups is 1. The Labute approximate surface area is 129 Å². The summed E-state index contributed by atoms with van der Waals surface area (Å²) in [4.78, 5) is 2.58. The molecule has 1 aliphatic rings. The van der Waals surface area contributed by atoms with Gasteiger partial charge in [-0.1, -0.05) is 46.8 Å². The molecule has 21 heavy (non-hydrogen) atoms. The fourth-order valence-electron chi connectivity index (χ4n) is 3.14. The fraction of sp³-hybridized carbons (Fsp3) is 0.667. The van der Waals surface area contributed by atoms with E-state index in [0.29, 0.717) is 23.8 Å². The van der Waals surface area contributed by atoms with Crippen LogP contribution in [0.25, 0.3) is 0 Å². The lowest BCUT2D eigenvalue weighted by molar-refractivity contribution is 0.0572. The van der Waals surface area contributed by atoms with E-state index < -0.39 is 0 Å². The third kappa shape index (κ3) is 4.21. The number of benzene rings is 1. The third-order valence-electron chi connectivity index (χ3n) is 4.57. The van der Waals surface area contributed by atoms with Crippen molar-refractivity contribution in [2.45, 2.75) is 53.2 Å². The summed E-state index contributed by atoms with van der Waals surface area (Å²) in [5.41, 5.74) is 1.45. The molecule has 3 nitrogen and oxygen atoms in total. The van der Waals surface area contributed by atoms with Gasteiger partial charge in [-0.15, -0.1) is 0 Å². The van der Waals surface area contributed by atoms with E-state index in [0.717, 1.165) is 19.6 Å². The second-order valence-electron chi connectivity index (χ2n) is 7.74. The minimum absolute atomic E-state index is 0.263. The van der Waals surface area contributed by atoms with E-state index in [1.54, 1.807) is 6.07 Å². The van der Waals surface area contributed by atoms with E-state index in [4.69, 9.17) is 0 Å². The lowest BCUT2D eigenvalue weighted by atomic mass is 9.83. The van der Waals surface area contributed by atoms with Crippen LogP contribution in [-0.2, 0) is 6.54 Å². The van der Waals surface area contributed by atoms with Crippen molar-refractivity contribution in [3.63, 3.8) is 0 Å². The highest BCUT2D eigenvalue weighted by Crippen LogP contribution is 2.27. The molecule has 1 fully saturated rings. The Hall–Kier alpha value is -1.06. The van der Waals surface area contributed by atoms with Gasteiger partial charge in [0.2, 0.25) is 0 Å². The molecule has 0 radical (unpaired) electrons. The lowest BCUT2D eigenvalue weighted by Crippen LogP contribution is -2.61. The Balaban J connectivity index is 2.14. The number of phenolic OH excluding ortho intramolecular Hbond substituents is 1. The third-order valence-corrected chi connectivity index (χ3v) is 4.57.